The summed E-state index contributed by atoms with van der Waals surface area (Å²) in [4.78, 5) is 29.0. The number of carbonyl (C=O) groups excluding carboxylic acids is 2. The van der Waals surface area contributed by atoms with E-state index in [1.807, 2.05) is 21.9 Å². The maximum Gasteiger partial charge on any atom is 0.212 e. The first-order valence-corrected chi connectivity index (χ1v) is 6.20. The van der Waals surface area contributed by atoms with E-state index in [0.717, 1.165) is 26.2 Å². The normalized spacial score (nSPS) is 21.3. The minimum absolute atomic E-state index is 0.00426. The molecule has 0 radical (unpaired) electrons. The smallest absolute Gasteiger partial charge is 0.212 e. The molecule has 2 heterocycles. The summed E-state index contributed by atoms with van der Waals surface area (Å²) in [7, 11) is 0. The van der Waals surface area contributed by atoms with Crippen LogP contribution >= 0.6 is 0 Å². The van der Waals surface area contributed by atoms with Crippen LogP contribution in [0.1, 0.15) is 20.7 Å². The fourth-order valence-corrected chi connectivity index (χ4v) is 2.48. The lowest BCUT2D eigenvalue weighted by atomic mass is 9.90. The van der Waals surface area contributed by atoms with Gasteiger partial charge in [-0.05, 0) is 0 Å². The van der Waals surface area contributed by atoms with Crippen LogP contribution in [0.4, 0.5) is 0 Å². The third kappa shape index (κ3) is 1.26. The molecule has 0 bridgehead atoms. The van der Waals surface area contributed by atoms with E-state index in [1.54, 1.807) is 12.1 Å². The number of fused-ring (bicyclic) bond motifs is 1. The van der Waals surface area contributed by atoms with Crippen LogP contribution in [0.3, 0.4) is 0 Å². The Kier molecular flexibility index (Phi) is 1.77. The minimum atomic E-state index is 0.00426. The monoisotopic (exact) mass is 240 g/mol. The lowest BCUT2D eigenvalue weighted by Crippen LogP contribution is -2.29. The molecular formula is C14H12N2O2. The summed E-state index contributed by atoms with van der Waals surface area (Å²) in [5.41, 5.74) is 2.34. The van der Waals surface area contributed by atoms with E-state index in [1.165, 1.54) is 0 Å². The molecule has 4 heteroatoms. The van der Waals surface area contributed by atoms with Gasteiger partial charge in [0.05, 0.1) is 0 Å². The molecule has 0 amide bonds. The predicted octanol–water partition coefficient (Wildman–Crippen LogP) is 0.908. The second kappa shape index (κ2) is 3.22. The SMILES string of the molecule is O=C1C(N2CC2)=C(N2CC2)C(=O)c2ccccc21. The van der Waals surface area contributed by atoms with E-state index in [4.69, 9.17) is 0 Å². The van der Waals surface area contributed by atoms with Gasteiger partial charge in [-0.1, -0.05) is 24.3 Å². The number of ketones is 2. The molecule has 0 aromatic heterocycles. The van der Waals surface area contributed by atoms with Crippen molar-refractivity contribution in [3.05, 3.63) is 46.8 Å². The standard InChI is InChI=1S/C14H12N2O2/c17-13-9-3-1-2-4-10(9)14(18)12(16-7-8-16)11(13)15-5-6-15/h1-4H,5-8H2. The molecule has 2 aliphatic heterocycles. The second-order valence-corrected chi connectivity index (χ2v) is 4.88. The van der Waals surface area contributed by atoms with Gasteiger partial charge in [-0.15, -0.1) is 0 Å². The summed E-state index contributed by atoms with van der Waals surface area (Å²) in [5.74, 6) is 0.00852. The van der Waals surface area contributed by atoms with Crippen LogP contribution in [0.15, 0.2) is 35.7 Å². The van der Waals surface area contributed by atoms with Gasteiger partial charge in [0.25, 0.3) is 0 Å². The first-order valence-electron chi connectivity index (χ1n) is 6.20. The summed E-state index contributed by atoms with van der Waals surface area (Å²) in [6.07, 6.45) is 0. The molecule has 0 N–H and O–H groups in total. The Bertz CT molecular complexity index is 557. The number of Topliss-reactive ketones (excluding diaryl/α,β-unsaturated/α-hetero) is 2. The van der Waals surface area contributed by atoms with Crippen LogP contribution < -0.4 is 0 Å². The number of rotatable bonds is 2. The quantitative estimate of drug-likeness (QED) is 0.720. The van der Waals surface area contributed by atoms with Crippen molar-refractivity contribution in [1.82, 2.24) is 9.80 Å². The minimum Gasteiger partial charge on any atom is -0.363 e. The first-order chi connectivity index (χ1) is 8.77. The van der Waals surface area contributed by atoms with Crippen molar-refractivity contribution in [1.29, 1.82) is 0 Å². The summed E-state index contributed by atoms with van der Waals surface area (Å²) < 4.78 is 0. The molecule has 0 unspecified atom stereocenters. The van der Waals surface area contributed by atoms with E-state index >= 15 is 0 Å². The molecule has 1 aromatic carbocycles. The van der Waals surface area contributed by atoms with Gasteiger partial charge < -0.3 is 9.80 Å². The maximum absolute atomic E-state index is 12.5. The Morgan fingerprint density at radius 3 is 1.44 bits per heavy atom. The maximum atomic E-state index is 12.5. The predicted molar refractivity (Wildman–Crippen MR) is 65.3 cm³/mol. The molecule has 2 fully saturated rings. The molecule has 0 spiro atoms. The third-order valence-corrected chi connectivity index (χ3v) is 3.60. The summed E-state index contributed by atoms with van der Waals surface area (Å²) in [6, 6.07) is 7.12. The molecule has 4 rings (SSSR count). The van der Waals surface area contributed by atoms with E-state index in [-0.39, 0.29) is 11.6 Å². The topological polar surface area (TPSA) is 40.2 Å². The second-order valence-electron chi connectivity index (χ2n) is 4.88. The number of hydrogen-bond acceptors (Lipinski definition) is 4. The zero-order valence-corrected chi connectivity index (χ0v) is 9.85. The summed E-state index contributed by atoms with van der Waals surface area (Å²) in [6.45, 7) is 3.53. The fraction of sp³-hybridized carbons (Fsp3) is 0.286. The third-order valence-electron chi connectivity index (χ3n) is 3.60. The van der Waals surface area contributed by atoms with Crippen LogP contribution in [0.25, 0.3) is 0 Å². The average molecular weight is 240 g/mol. The zero-order chi connectivity index (χ0) is 12.3. The number of allylic oxidation sites excluding steroid dienone is 2. The van der Waals surface area contributed by atoms with Crippen LogP contribution in [0.5, 0.6) is 0 Å². The average Bonchev–Trinajstić information content (AvgIpc) is 3.26. The largest absolute Gasteiger partial charge is 0.363 e. The van der Waals surface area contributed by atoms with Gasteiger partial charge >= 0.3 is 0 Å². The highest BCUT2D eigenvalue weighted by Crippen LogP contribution is 2.34. The number of benzene rings is 1. The van der Waals surface area contributed by atoms with Crippen molar-refractivity contribution < 1.29 is 9.59 Å². The van der Waals surface area contributed by atoms with Crippen molar-refractivity contribution in [3.8, 4) is 0 Å². The molecule has 18 heavy (non-hydrogen) atoms. The van der Waals surface area contributed by atoms with Crippen LogP contribution in [0, 0.1) is 0 Å². The van der Waals surface area contributed by atoms with Crippen LogP contribution in [-0.2, 0) is 0 Å². The van der Waals surface area contributed by atoms with Gasteiger partial charge in [0.1, 0.15) is 11.4 Å². The van der Waals surface area contributed by atoms with Gasteiger partial charge in [-0.2, -0.15) is 0 Å². The van der Waals surface area contributed by atoms with Crippen LogP contribution in [-0.4, -0.2) is 47.5 Å². The highest BCUT2D eigenvalue weighted by molar-refractivity contribution is 6.26. The highest BCUT2D eigenvalue weighted by Gasteiger charge is 2.42. The van der Waals surface area contributed by atoms with E-state index in [9.17, 15) is 9.59 Å². The summed E-state index contributed by atoms with van der Waals surface area (Å²) in [5, 5.41) is 0. The molecule has 0 saturated carbocycles. The van der Waals surface area contributed by atoms with Crippen LogP contribution in [0.2, 0.25) is 0 Å². The van der Waals surface area contributed by atoms with Gasteiger partial charge in [0.15, 0.2) is 0 Å². The first kappa shape index (κ1) is 9.88. The Morgan fingerprint density at radius 2 is 1.11 bits per heavy atom. The van der Waals surface area contributed by atoms with Gasteiger partial charge in [-0.3, -0.25) is 9.59 Å². The Balaban J connectivity index is 1.94. The molecule has 0 atom stereocenters. The van der Waals surface area contributed by atoms with E-state index < -0.39 is 0 Å². The molecule has 4 nitrogen and oxygen atoms in total. The Morgan fingerprint density at radius 1 is 0.722 bits per heavy atom. The van der Waals surface area contributed by atoms with Crippen molar-refractivity contribution in [2.45, 2.75) is 0 Å². The van der Waals surface area contributed by atoms with Crippen molar-refractivity contribution in [3.63, 3.8) is 0 Å². The van der Waals surface area contributed by atoms with Crippen molar-refractivity contribution in [2.75, 3.05) is 26.2 Å². The molecule has 1 aromatic rings. The molecule has 2 saturated heterocycles. The van der Waals surface area contributed by atoms with Gasteiger partial charge in [0, 0.05) is 37.3 Å². The number of nitrogens with zero attached hydrogens (tertiary/aromatic N) is 2. The van der Waals surface area contributed by atoms with E-state index in [2.05, 4.69) is 0 Å². The molecule has 3 aliphatic rings. The van der Waals surface area contributed by atoms with E-state index in [0.29, 0.717) is 22.5 Å². The summed E-state index contributed by atoms with van der Waals surface area (Å²) >= 11 is 0. The Labute approximate surface area is 104 Å². The van der Waals surface area contributed by atoms with Crippen molar-refractivity contribution >= 4 is 11.6 Å². The Hall–Kier alpha value is -2.10. The molecule has 1 aliphatic carbocycles. The lowest BCUT2D eigenvalue weighted by molar-refractivity contribution is 0.0946. The van der Waals surface area contributed by atoms with Crippen molar-refractivity contribution in [2.24, 2.45) is 0 Å². The highest BCUT2D eigenvalue weighted by atomic mass is 16.1. The van der Waals surface area contributed by atoms with Gasteiger partial charge in [-0.25, -0.2) is 0 Å². The lowest BCUT2D eigenvalue weighted by Gasteiger charge is -2.22. The fourth-order valence-electron chi connectivity index (χ4n) is 2.48. The molecule has 90 valence electrons. The number of hydrogen-bond donors (Lipinski definition) is 0. The number of carbonyl (C=O) groups is 2. The van der Waals surface area contributed by atoms with Gasteiger partial charge in [0.2, 0.25) is 11.6 Å². The molecular weight excluding hydrogens is 228 g/mol. The zero-order valence-electron chi connectivity index (χ0n) is 9.85.